The average molecular weight is 257 g/mol. The number of benzene rings is 1. The van der Waals surface area contributed by atoms with Crippen molar-refractivity contribution in [1.29, 1.82) is 0 Å². The highest BCUT2D eigenvalue weighted by Gasteiger charge is 2.48. The molecule has 2 N–H and O–H groups in total. The van der Waals surface area contributed by atoms with E-state index in [2.05, 4.69) is 0 Å². The molecule has 0 aliphatic heterocycles. The summed E-state index contributed by atoms with van der Waals surface area (Å²) in [4.78, 5) is 0. The van der Waals surface area contributed by atoms with Gasteiger partial charge in [0.1, 0.15) is 5.75 Å². The predicted molar refractivity (Wildman–Crippen MR) is 69.1 cm³/mol. The highest BCUT2D eigenvalue weighted by Crippen LogP contribution is 2.47. The maximum Gasteiger partial charge on any atom is 0.282 e. The number of hydrogen-bond acceptors (Lipinski definition) is 2. The molecule has 1 aromatic carbocycles. The molecular weight excluding hydrogens is 236 g/mol. The second-order valence-corrected chi connectivity index (χ2v) is 5.05. The smallest absolute Gasteiger partial charge is 0.282 e. The molecule has 4 heteroatoms. The van der Waals surface area contributed by atoms with Crippen LogP contribution in [0.2, 0.25) is 0 Å². The zero-order valence-electron chi connectivity index (χ0n) is 11.4. The van der Waals surface area contributed by atoms with Crippen molar-refractivity contribution >= 4 is 0 Å². The molecule has 0 aromatic heterocycles. The van der Waals surface area contributed by atoms with Gasteiger partial charge in [0, 0.05) is 12.0 Å². The predicted octanol–water partition coefficient (Wildman–Crippen LogP) is 3.33. The first-order valence-corrected chi connectivity index (χ1v) is 6.05. The lowest BCUT2D eigenvalue weighted by molar-refractivity contribution is -0.110. The van der Waals surface area contributed by atoms with Crippen molar-refractivity contribution in [3.63, 3.8) is 0 Å². The Morgan fingerprint density at radius 1 is 1.28 bits per heavy atom. The fourth-order valence-corrected chi connectivity index (χ4v) is 1.71. The molecule has 0 radical (unpaired) electrons. The molecule has 0 aliphatic rings. The van der Waals surface area contributed by atoms with Crippen molar-refractivity contribution in [2.75, 3.05) is 13.7 Å². The van der Waals surface area contributed by atoms with Crippen LogP contribution in [0.1, 0.15) is 31.9 Å². The van der Waals surface area contributed by atoms with Gasteiger partial charge in [-0.1, -0.05) is 26.8 Å². The van der Waals surface area contributed by atoms with E-state index in [1.165, 1.54) is 27.0 Å². The molecule has 102 valence electrons. The Bertz CT molecular complexity index is 416. The Morgan fingerprint density at radius 3 is 2.33 bits per heavy atom. The Kier molecular flexibility index (Phi) is 4.32. The fourth-order valence-electron chi connectivity index (χ4n) is 1.71. The van der Waals surface area contributed by atoms with E-state index < -0.39 is 11.3 Å². The molecule has 0 amide bonds. The number of methoxy groups -OCH3 is 1. The number of ether oxygens (including phenoxy) is 1. The quantitative estimate of drug-likeness (QED) is 0.878. The Morgan fingerprint density at radius 2 is 1.89 bits per heavy atom. The van der Waals surface area contributed by atoms with Gasteiger partial charge in [-0.05, 0) is 24.1 Å². The van der Waals surface area contributed by atoms with Crippen LogP contribution >= 0.6 is 0 Å². The van der Waals surface area contributed by atoms with Crippen LogP contribution in [-0.4, -0.2) is 13.7 Å². The third-order valence-corrected chi connectivity index (χ3v) is 3.37. The summed E-state index contributed by atoms with van der Waals surface area (Å²) in [7, 11) is 1.40. The Labute approximate surface area is 107 Å². The zero-order valence-corrected chi connectivity index (χ0v) is 11.4. The van der Waals surface area contributed by atoms with Gasteiger partial charge in [-0.3, -0.25) is 0 Å². The molecule has 0 atom stereocenters. The van der Waals surface area contributed by atoms with Gasteiger partial charge < -0.3 is 10.5 Å². The Hall–Kier alpha value is -1.16. The average Bonchev–Trinajstić information content (AvgIpc) is 2.37. The van der Waals surface area contributed by atoms with Crippen LogP contribution in [0.25, 0.3) is 0 Å². The Balaban J connectivity index is 3.37. The molecule has 1 aromatic rings. The van der Waals surface area contributed by atoms with Gasteiger partial charge in [0.15, 0.2) is 0 Å². The van der Waals surface area contributed by atoms with Gasteiger partial charge in [0.05, 0.1) is 12.7 Å². The van der Waals surface area contributed by atoms with E-state index in [1.807, 2.05) is 6.92 Å². The van der Waals surface area contributed by atoms with Crippen LogP contribution in [0.4, 0.5) is 8.78 Å². The van der Waals surface area contributed by atoms with Crippen LogP contribution in [0, 0.1) is 5.41 Å². The van der Waals surface area contributed by atoms with Crippen molar-refractivity contribution in [3.8, 4) is 5.75 Å². The van der Waals surface area contributed by atoms with Crippen LogP contribution < -0.4 is 10.5 Å². The van der Waals surface area contributed by atoms with Crippen molar-refractivity contribution < 1.29 is 13.5 Å². The van der Waals surface area contributed by atoms with Gasteiger partial charge in [-0.25, -0.2) is 8.78 Å². The minimum Gasteiger partial charge on any atom is -0.496 e. The second kappa shape index (κ2) is 5.22. The molecule has 0 aliphatic carbocycles. The topological polar surface area (TPSA) is 35.2 Å². The van der Waals surface area contributed by atoms with Crippen molar-refractivity contribution in [2.24, 2.45) is 11.1 Å². The monoisotopic (exact) mass is 257 g/mol. The van der Waals surface area contributed by atoms with Crippen LogP contribution in [-0.2, 0) is 12.3 Å². The van der Waals surface area contributed by atoms with Crippen LogP contribution in [0.3, 0.4) is 0 Å². The molecule has 0 fully saturated rings. The van der Waals surface area contributed by atoms with Crippen molar-refractivity contribution in [1.82, 2.24) is 0 Å². The number of nitrogens with two attached hydrogens (primary N) is 1. The van der Waals surface area contributed by atoms with Gasteiger partial charge in [-0.15, -0.1) is 0 Å². The lowest BCUT2D eigenvalue weighted by Crippen LogP contribution is -2.40. The number of halogens is 2. The van der Waals surface area contributed by atoms with E-state index in [0.29, 0.717) is 6.42 Å². The maximum atomic E-state index is 14.5. The van der Waals surface area contributed by atoms with E-state index in [1.54, 1.807) is 12.1 Å². The molecular formula is C14H21F2NO. The lowest BCUT2D eigenvalue weighted by atomic mass is 9.81. The molecule has 2 nitrogen and oxygen atoms in total. The first kappa shape index (κ1) is 14.9. The van der Waals surface area contributed by atoms with Gasteiger partial charge >= 0.3 is 0 Å². The molecule has 0 unspecified atom stereocenters. The molecule has 0 saturated heterocycles. The third kappa shape index (κ3) is 2.48. The molecule has 0 bridgehead atoms. The van der Waals surface area contributed by atoms with E-state index in [4.69, 9.17) is 10.5 Å². The lowest BCUT2D eigenvalue weighted by Gasteiger charge is -2.34. The van der Waals surface area contributed by atoms with Gasteiger partial charge in [0.25, 0.3) is 5.92 Å². The molecule has 1 rings (SSSR count). The number of rotatable bonds is 5. The normalized spacial score (nSPS) is 12.6. The first-order chi connectivity index (χ1) is 8.30. The highest BCUT2D eigenvalue weighted by molar-refractivity contribution is 5.41. The summed E-state index contributed by atoms with van der Waals surface area (Å²) in [6, 6.07) is 4.90. The van der Waals surface area contributed by atoms with Crippen LogP contribution in [0.5, 0.6) is 5.75 Å². The van der Waals surface area contributed by atoms with E-state index in [-0.39, 0.29) is 17.9 Å². The van der Waals surface area contributed by atoms with E-state index in [9.17, 15) is 8.78 Å². The summed E-state index contributed by atoms with van der Waals surface area (Å²) in [6.45, 7) is 4.76. The summed E-state index contributed by atoms with van der Waals surface area (Å²) in [5.74, 6) is -2.82. The second-order valence-electron chi connectivity index (χ2n) is 5.05. The molecule has 0 saturated carbocycles. The van der Waals surface area contributed by atoms with Crippen molar-refractivity contribution in [2.45, 2.75) is 33.1 Å². The van der Waals surface area contributed by atoms with Crippen LogP contribution in [0.15, 0.2) is 18.2 Å². The number of aryl methyl sites for hydroxylation is 1. The highest BCUT2D eigenvalue weighted by atomic mass is 19.3. The minimum atomic E-state index is -3.03. The molecule has 0 heterocycles. The first-order valence-electron chi connectivity index (χ1n) is 6.05. The van der Waals surface area contributed by atoms with E-state index >= 15 is 0 Å². The fraction of sp³-hybridized carbons (Fsp3) is 0.571. The summed E-state index contributed by atoms with van der Waals surface area (Å²) in [6.07, 6.45) is 0.704. The summed E-state index contributed by atoms with van der Waals surface area (Å²) in [5.41, 5.74) is 4.93. The number of alkyl halides is 2. The summed E-state index contributed by atoms with van der Waals surface area (Å²) < 4.78 is 34.1. The van der Waals surface area contributed by atoms with Gasteiger partial charge in [-0.2, -0.15) is 0 Å². The molecule has 18 heavy (non-hydrogen) atoms. The SMILES string of the molecule is CCc1ccc(OC)c(C(F)(F)C(C)(C)CN)c1. The summed E-state index contributed by atoms with van der Waals surface area (Å²) in [5, 5.41) is 0. The zero-order chi connectivity index (χ0) is 14.0. The summed E-state index contributed by atoms with van der Waals surface area (Å²) >= 11 is 0. The van der Waals surface area contributed by atoms with Crippen molar-refractivity contribution in [3.05, 3.63) is 29.3 Å². The van der Waals surface area contributed by atoms with Gasteiger partial charge in [0.2, 0.25) is 0 Å². The van der Waals surface area contributed by atoms with E-state index in [0.717, 1.165) is 5.56 Å². The minimum absolute atomic E-state index is 0.0835. The standard InChI is InChI=1S/C14H21F2NO/c1-5-10-6-7-12(18-4)11(8-10)14(15,16)13(2,3)9-17/h6-8H,5,9,17H2,1-4H3. The number of hydrogen-bond donors (Lipinski definition) is 1. The maximum absolute atomic E-state index is 14.5. The molecule has 0 spiro atoms. The third-order valence-electron chi connectivity index (χ3n) is 3.37. The largest absolute Gasteiger partial charge is 0.496 e.